The van der Waals surface area contributed by atoms with Gasteiger partial charge in [-0.1, -0.05) is 36.4 Å². The molecule has 1 amide bonds. The lowest BCUT2D eigenvalue weighted by Crippen LogP contribution is -2.34. The summed E-state index contributed by atoms with van der Waals surface area (Å²) in [5.74, 6) is -0.187. The molecular weight excluding hydrogens is 326 g/mol. The number of aromatic nitrogens is 1. The molecule has 2 aromatic rings. The van der Waals surface area contributed by atoms with Gasteiger partial charge in [0, 0.05) is 25.7 Å². The third-order valence-electron chi connectivity index (χ3n) is 3.45. The van der Waals surface area contributed by atoms with Crippen molar-refractivity contribution in [3.05, 3.63) is 66.0 Å². The summed E-state index contributed by atoms with van der Waals surface area (Å²) in [6.07, 6.45) is 2.85. The van der Waals surface area contributed by atoms with E-state index in [0.29, 0.717) is 12.2 Å². The summed E-state index contributed by atoms with van der Waals surface area (Å²) in [4.78, 5) is 16.1. The molecule has 0 spiro atoms. The van der Waals surface area contributed by atoms with Gasteiger partial charge in [-0.25, -0.2) is 8.42 Å². The lowest BCUT2D eigenvalue weighted by Gasteiger charge is -2.19. The molecule has 1 N–H and O–H groups in total. The van der Waals surface area contributed by atoms with Crippen LogP contribution in [0.25, 0.3) is 0 Å². The summed E-state index contributed by atoms with van der Waals surface area (Å²) in [6, 6.07) is 14.9. The number of amides is 1. The van der Waals surface area contributed by atoms with Gasteiger partial charge in [-0.15, -0.1) is 0 Å². The van der Waals surface area contributed by atoms with Crippen LogP contribution < -0.4 is 5.32 Å². The van der Waals surface area contributed by atoms with E-state index in [1.165, 1.54) is 4.31 Å². The van der Waals surface area contributed by atoms with Gasteiger partial charge in [0.05, 0.1) is 18.5 Å². The maximum Gasteiger partial charge on any atom is 0.221 e. The SMILES string of the molecule is CS(=O)(=O)N(CCC(=O)NCc1ccccc1)Cc1ccccn1. The Hall–Kier alpha value is -2.25. The summed E-state index contributed by atoms with van der Waals surface area (Å²) in [6.45, 7) is 0.709. The molecule has 0 saturated carbocycles. The molecular formula is C17H21N3O3S. The number of carbonyl (C=O) groups excluding carboxylic acids is 1. The third kappa shape index (κ3) is 6.10. The minimum atomic E-state index is -3.41. The number of hydrogen-bond acceptors (Lipinski definition) is 4. The molecule has 0 aliphatic heterocycles. The highest BCUT2D eigenvalue weighted by molar-refractivity contribution is 7.88. The molecule has 0 bridgehead atoms. The van der Waals surface area contributed by atoms with Crippen LogP contribution in [0, 0.1) is 0 Å². The number of nitrogens with zero attached hydrogens (tertiary/aromatic N) is 2. The van der Waals surface area contributed by atoms with E-state index in [4.69, 9.17) is 0 Å². The lowest BCUT2D eigenvalue weighted by atomic mass is 10.2. The summed E-state index contributed by atoms with van der Waals surface area (Å²) >= 11 is 0. The first-order valence-electron chi connectivity index (χ1n) is 7.61. The molecule has 2 rings (SSSR count). The Bertz CT molecular complexity index is 749. The van der Waals surface area contributed by atoms with Crippen LogP contribution in [0.15, 0.2) is 54.7 Å². The van der Waals surface area contributed by atoms with E-state index in [1.54, 1.807) is 24.4 Å². The number of sulfonamides is 1. The van der Waals surface area contributed by atoms with E-state index >= 15 is 0 Å². The van der Waals surface area contributed by atoms with Gasteiger partial charge in [0.2, 0.25) is 15.9 Å². The largest absolute Gasteiger partial charge is 0.352 e. The molecule has 0 fully saturated rings. The first kappa shape index (κ1) is 18.1. The van der Waals surface area contributed by atoms with Crippen molar-refractivity contribution >= 4 is 15.9 Å². The Balaban J connectivity index is 1.87. The molecule has 0 unspecified atom stereocenters. The molecule has 24 heavy (non-hydrogen) atoms. The molecule has 128 valence electrons. The van der Waals surface area contributed by atoms with E-state index in [0.717, 1.165) is 11.8 Å². The van der Waals surface area contributed by atoms with Crippen molar-refractivity contribution < 1.29 is 13.2 Å². The van der Waals surface area contributed by atoms with E-state index in [-0.39, 0.29) is 25.4 Å². The van der Waals surface area contributed by atoms with Gasteiger partial charge in [0.15, 0.2) is 0 Å². The second-order valence-corrected chi connectivity index (χ2v) is 7.41. The average Bonchev–Trinajstić information content (AvgIpc) is 2.57. The highest BCUT2D eigenvalue weighted by Gasteiger charge is 2.18. The van der Waals surface area contributed by atoms with Crippen molar-refractivity contribution in [1.29, 1.82) is 0 Å². The van der Waals surface area contributed by atoms with Crippen LogP contribution in [0.5, 0.6) is 0 Å². The quantitative estimate of drug-likeness (QED) is 0.786. The van der Waals surface area contributed by atoms with Gasteiger partial charge in [-0.05, 0) is 17.7 Å². The van der Waals surface area contributed by atoms with Crippen molar-refractivity contribution in [2.45, 2.75) is 19.5 Å². The summed E-state index contributed by atoms with van der Waals surface area (Å²) < 4.78 is 25.0. The average molecular weight is 347 g/mol. The highest BCUT2D eigenvalue weighted by atomic mass is 32.2. The maximum atomic E-state index is 12.0. The Morgan fingerprint density at radius 1 is 1.12 bits per heavy atom. The fourth-order valence-electron chi connectivity index (χ4n) is 2.15. The molecule has 0 aliphatic carbocycles. The predicted molar refractivity (Wildman–Crippen MR) is 92.4 cm³/mol. The zero-order valence-electron chi connectivity index (χ0n) is 13.6. The molecule has 1 heterocycles. The molecule has 1 aromatic heterocycles. The number of carbonyl (C=O) groups is 1. The molecule has 6 nitrogen and oxygen atoms in total. The van der Waals surface area contributed by atoms with Gasteiger partial charge in [-0.2, -0.15) is 4.31 Å². The minimum absolute atomic E-state index is 0.104. The number of pyridine rings is 1. The van der Waals surface area contributed by atoms with Crippen LogP contribution in [-0.2, 0) is 27.9 Å². The summed E-state index contributed by atoms with van der Waals surface area (Å²) in [5.41, 5.74) is 1.65. The summed E-state index contributed by atoms with van der Waals surface area (Å²) in [5, 5.41) is 2.79. The van der Waals surface area contributed by atoms with E-state index in [9.17, 15) is 13.2 Å². The Morgan fingerprint density at radius 2 is 1.83 bits per heavy atom. The fraction of sp³-hybridized carbons (Fsp3) is 0.294. The topological polar surface area (TPSA) is 79.4 Å². The molecule has 0 aliphatic rings. The van der Waals surface area contributed by atoms with E-state index in [2.05, 4.69) is 10.3 Å². The number of rotatable bonds is 8. The van der Waals surface area contributed by atoms with Gasteiger partial charge >= 0.3 is 0 Å². The van der Waals surface area contributed by atoms with Crippen molar-refractivity contribution in [2.75, 3.05) is 12.8 Å². The van der Waals surface area contributed by atoms with Crippen LogP contribution in [-0.4, -0.2) is 36.4 Å². The van der Waals surface area contributed by atoms with Crippen LogP contribution >= 0.6 is 0 Å². The molecule has 7 heteroatoms. The molecule has 0 saturated heterocycles. The van der Waals surface area contributed by atoms with Crippen LogP contribution in [0.4, 0.5) is 0 Å². The van der Waals surface area contributed by atoms with Crippen molar-refractivity contribution in [2.24, 2.45) is 0 Å². The van der Waals surface area contributed by atoms with Gasteiger partial charge in [-0.3, -0.25) is 9.78 Å². The van der Waals surface area contributed by atoms with Gasteiger partial charge in [0.1, 0.15) is 0 Å². The number of nitrogens with one attached hydrogen (secondary N) is 1. The molecule has 0 radical (unpaired) electrons. The van der Waals surface area contributed by atoms with E-state index < -0.39 is 10.0 Å². The Labute approximate surface area is 142 Å². The Morgan fingerprint density at radius 3 is 2.46 bits per heavy atom. The number of benzene rings is 1. The lowest BCUT2D eigenvalue weighted by molar-refractivity contribution is -0.121. The zero-order valence-corrected chi connectivity index (χ0v) is 14.4. The monoisotopic (exact) mass is 347 g/mol. The van der Waals surface area contributed by atoms with Crippen LogP contribution in [0.1, 0.15) is 17.7 Å². The van der Waals surface area contributed by atoms with Gasteiger partial charge in [0.25, 0.3) is 0 Å². The van der Waals surface area contributed by atoms with Crippen LogP contribution in [0.3, 0.4) is 0 Å². The maximum absolute atomic E-state index is 12.0. The normalized spacial score (nSPS) is 11.4. The van der Waals surface area contributed by atoms with E-state index in [1.807, 2.05) is 30.3 Å². The fourth-order valence-corrected chi connectivity index (χ4v) is 2.94. The van der Waals surface area contributed by atoms with Crippen molar-refractivity contribution in [3.8, 4) is 0 Å². The van der Waals surface area contributed by atoms with Crippen molar-refractivity contribution in [3.63, 3.8) is 0 Å². The standard InChI is InChI=1S/C17H21N3O3S/c1-24(22,23)20(14-16-9-5-6-11-18-16)12-10-17(21)19-13-15-7-3-2-4-8-15/h2-9,11H,10,12-14H2,1H3,(H,19,21). The van der Waals surface area contributed by atoms with Crippen LogP contribution in [0.2, 0.25) is 0 Å². The first-order valence-corrected chi connectivity index (χ1v) is 9.45. The molecule has 1 aromatic carbocycles. The van der Waals surface area contributed by atoms with Crippen molar-refractivity contribution in [1.82, 2.24) is 14.6 Å². The minimum Gasteiger partial charge on any atom is -0.352 e. The number of hydrogen-bond donors (Lipinski definition) is 1. The predicted octanol–water partition coefficient (Wildman–Crippen LogP) is 1.55. The van der Waals surface area contributed by atoms with Gasteiger partial charge < -0.3 is 5.32 Å². The smallest absolute Gasteiger partial charge is 0.221 e. The molecule has 0 atom stereocenters. The second-order valence-electron chi connectivity index (χ2n) is 5.43. The Kier molecular flexibility index (Phi) is 6.45. The summed E-state index contributed by atoms with van der Waals surface area (Å²) in [7, 11) is -3.41. The third-order valence-corrected chi connectivity index (χ3v) is 4.70. The highest BCUT2D eigenvalue weighted by Crippen LogP contribution is 2.07. The zero-order chi connectivity index (χ0) is 17.4. The second kappa shape index (κ2) is 8.56. The first-order chi connectivity index (χ1) is 11.4.